The van der Waals surface area contributed by atoms with Gasteiger partial charge in [-0.05, 0) is 43.5 Å². The number of hydrogen-bond acceptors (Lipinski definition) is 2. The van der Waals surface area contributed by atoms with E-state index in [0.717, 1.165) is 22.7 Å². The van der Waals surface area contributed by atoms with Crippen LogP contribution in [-0.4, -0.2) is 31.0 Å². The molecule has 120 valence electrons. The maximum Gasteiger partial charge on any atom is 0.226 e. The van der Waals surface area contributed by atoms with E-state index in [1.54, 1.807) is 0 Å². The largest absolute Gasteiger partial charge is 0.357 e. The minimum atomic E-state index is -0.0262. The van der Waals surface area contributed by atoms with Crippen molar-refractivity contribution in [1.29, 1.82) is 0 Å². The second kappa shape index (κ2) is 8.17. The Labute approximate surface area is 140 Å². The van der Waals surface area contributed by atoms with Crippen molar-refractivity contribution in [2.24, 2.45) is 10.9 Å². The third kappa shape index (κ3) is 5.67. The summed E-state index contributed by atoms with van der Waals surface area (Å²) < 4.78 is 0.991. The number of aliphatic imine (C=N–C) groups is 1. The van der Waals surface area contributed by atoms with Crippen LogP contribution < -0.4 is 16.0 Å². The lowest BCUT2D eigenvalue weighted by Crippen LogP contribution is -2.39. The summed E-state index contributed by atoms with van der Waals surface area (Å²) in [6.45, 7) is 5.54. The van der Waals surface area contributed by atoms with Crippen LogP contribution in [0.15, 0.2) is 33.7 Å². The van der Waals surface area contributed by atoms with E-state index in [0.29, 0.717) is 24.9 Å². The third-order valence-corrected chi connectivity index (χ3v) is 4.04. The van der Waals surface area contributed by atoms with Gasteiger partial charge in [0.2, 0.25) is 5.91 Å². The van der Waals surface area contributed by atoms with Crippen LogP contribution in [0.25, 0.3) is 0 Å². The second-order valence-electron chi connectivity index (χ2n) is 5.53. The number of nitrogens with one attached hydrogen (secondary N) is 3. The molecule has 1 amide bonds. The molecule has 3 N–H and O–H groups in total. The predicted molar refractivity (Wildman–Crippen MR) is 94.1 cm³/mol. The summed E-state index contributed by atoms with van der Waals surface area (Å²) in [6.07, 6.45) is 1.56. The number of nitrogens with zero attached hydrogens (tertiary/aromatic N) is 1. The molecular formula is C16H23BrN4O. The van der Waals surface area contributed by atoms with Gasteiger partial charge < -0.3 is 16.0 Å². The molecule has 1 saturated carbocycles. The first-order valence-electron chi connectivity index (χ1n) is 7.68. The Hall–Kier alpha value is -1.56. The molecule has 0 saturated heterocycles. The minimum absolute atomic E-state index is 0.0262. The van der Waals surface area contributed by atoms with Gasteiger partial charge in [0.15, 0.2) is 5.96 Å². The molecule has 1 aliphatic rings. The molecule has 22 heavy (non-hydrogen) atoms. The summed E-state index contributed by atoms with van der Waals surface area (Å²) in [6, 6.07) is 8.06. The van der Waals surface area contributed by atoms with E-state index in [-0.39, 0.29) is 5.91 Å². The topological polar surface area (TPSA) is 65.5 Å². The molecule has 0 spiro atoms. The van der Waals surface area contributed by atoms with Crippen LogP contribution in [-0.2, 0) is 4.79 Å². The van der Waals surface area contributed by atoms with Gasteiger partial charge in [-0.25, -0.2) is 0 Å². The van der Waals surface area contributed by atoms with Gasteiger partial charge in [-0.3, -0.25) is 9.79 Å². The monoisotopic (exact) mass is 366 g/mol. The van der Waals surface area contributed by atoms with Crippen molar-refractivity contribution in [3.63, 3.8) is 0 Å². The van der Waals surface area contributed by atoms with Crippen molar-refractivity contribution in [1.82, 2.24) is 10.6 Å². The normalized spacial score (nSPS) is 20.4. The average molecular weight is 367 g/mol. The predicted octanol–water partition coefficient (Wildman–Crippen LogP) is 2.74. The molecule has 6 heteroatoms. The van der Waals surface area contributed by atoms with E-state index in [9.17, 15) is 4.79 Å². The molecule has 0 radical (unpaired) electrons. The molecule has 0 aromatic heterocycles. The summed E-state index contributed by atoms with van der Waals surface area (Å²) in [5, 5.41) is 9.44. The molecule has 2 atom stereocenters. The zero-order chi connectivity index (χ0) is 15.9. The molecule has 1 aromatic carbocycles. The number of rotatable bonds is 6. The maximum atomic E-state index is 11.9. The van der Waals surface area contributed by atoms with E-state index < -0.39 is 0 Å². The number of guanidine groups is 1. The number of hydrogen-bond donors (Lipinski definition) is 3. The highest BCUT2D eigenvalue weighted by Crippen LogP contribution is 2.28. The van der Waals surface area contributed by atoms with E-state index in [2.05, 4.69) is 43.8 Å². The first-order chi connectivity index (χ1) is 10.6. The van der Waals surface area contributed by atoms with Crippen LogP contribution in [0.5, 0.6) is 0 Å². The van der Waals surface area contributed by atoms with E-state index >= 15 is 0 Å². The van der Waals surface area contributed by atoms with Gasteiger partial charge in [-0.15, -0.1) is 0 Å². The highest BCUT2D eigenvalue weighted by molar-refractivity contribution is 9.10. The lowest BCUT2D eigenvalue weighted by atomic mass is 10.3. The zero-order valence-electron chi connectivity index (χ0n) is 13.0. The lowest BCUT2D eigenvalue weighted by Gasteiger charge is -2.10. The Kier molecular flexibility index (Phi) is 6.24. The quantitative estimate of drug-likeness (QED) is 0.535. The Bertz CT molecular complexity index is 529. The van der Waals surface area contributed by atoms with Crippen molar-refractivity contribution < 1.29 is 4.79 Å². The van der Waals surface area contributed by atoms with Crippen molar-refractivity contribution >= 4 is 33.5 Å². The summed E-state index contributed by atoms with van der Waals surface area (Å²) in [5.74, 6) is 1.49. The molecule has 1 fully saturated rings. The molecule has 0 heterocycles. The Balaban J connectivity index is 1.76. The Morgan fingerprint density at radius 3 is 2.64 bits per heavy atom. The molecule has 0 bridgehead atoms. The summed E-state index contributed by atoms with van der Waals surface area (Å²) in [4.78, 5) is 16.3. The van der Waals surface area contributed by atoms with Gasteiger partial charge in [0, 0.05) is 29.2 Å². The molecule has 2 rings (SSSR count). The molecule has 1 aliphatic carbocycles. The highest BCUT2D eigenvalue weighted by atomic mass is 79.9. The molecular weight excluding hydrogens is 344 g/mol. The van der Waals surface area contributed by atoms with Gasteiger partial charge >= 0.3 is 0 Å². The fourth-order valence-electron chi connectivity index (χ4n) is 2.04. The van der Waals surface area contributed by atoms with E-state index in [1.807, 2.05) is 31.2 Å². The lowest BCUT2D eigenvalue weighted by molar-refractivity contribution is -0.116. The summed E-state index contributed by atoms with van der Waals surface area (Å²) >= 11 is 3.37. The zero-order valence-corrected chi connectivity index (χ0v) is 14.6. The smallest absolute Gasteiger partial charge is 0.226 e. The van der Waals surface area contributed by atoms with Gasteiger partial charge in [-0.2, -0.15) is 0 Å². The minimum Gasteiger partial charge on any atom is -0.357 e. The average Bonchev–Trinajstić information content (AvgIpc) is 3.17. The van der Waals surface area contributed by atoms with E-state index in [1.165, 1.54) is 6.42 Å². The van der Waals surface area contributed by atoms with Crippen LogP contribution in [0.3, 0.4) is 0 Å². The van der Waals surface area contributed by atoms with E-state index in [4.69, 9.17) is 0 Å². The fraction of sp³-hybridized carbons (Fsp3) is 0.500. The van der Waals surface area contributed by atoms with Crippen molar-refractivity contribution in [3.05, 3.63) is 28.7 Å². The van der Waals surface area contributed by atoms with Gasteiger partial charge in [0.1, 0.15) is 0 Å². The first kappa shape index (κ1) is 16.8. The first-order valence-corrected chi connectivity index (χ1v) is 8.48. The van der Waals surface area contributed by atoms with Crippen LogP contribution in [0.4, 0.5) is 5.69 Å². The molecule has 0 aliphatic heterocycles. The number of amides is 1. The van der Waals surface area contributed by atoms with Crippen molar-refractivity contribution in [2.45, 2.75) is 32.7 Å². The molecule has 5 nitrogen and oxygen atoms in total. The number of halogens is 1. The fourth-order valence-corrected chi connectivity index (χ4v) is 2.31. The van der Waals surface area contributed by atoms with Gasteiger partial charge in [0.05, 0.1) is 6.54 Å². The SMILES string of the molecule is CCNC(=NCCC(=O)Nc1ccc(Br)cc1)NC1CC1C. The van der Waals surface area contributed by atoms with Crippen molar-refractivity contribution in [3.8, 4) is 0 Å². The standard InChI is InChI=1S/C16H23BrN4O/c1-3-18-16(21-14-10-11(14)2)19-9-8-15(22)20-13-6-4-12(17)5-7-13/h4-7,11,14H,3,8-10H2,1-2H3,(H,20,22)(H2,18,19,21). The second-order valence-corrected chi connectivity index (χ2v) is 6.45. The number of carbonyl (C=O) groups is 1. The number of anilines is 1. The molecule has 2 unspecified atom stereocenters. The number of carbonyl (C=O) groups excluding carboxylic acids is 1. The highest BCUT2D eigenvalue weighted by Gasteiger charge is 2.33. The van der Waals surface area contributed by atoms with Gasteiger partial charge in [0.25, 0.3) is 0 Å². The van der Waals surface area contributed by atoms with Gasteiger partial charge in [-0.1, -0.05) is 22.9 Å². The Morgan fingerprint density at radius 1 is 1.36 bits per heavy atom. The summed E-state index contributed by atoms with van der Waals surface area (Å²) in [5.41, 5.74) is 0.800. The van der Waals surface area contributed by atoms with Crippen LogP contribution in [0.1, 0.15) is 26.7 Å². The van der Waals surface area contributed by atoms with Crippen molar-refractivity contribution in [2.75, 3.05) is 18.4 Å². The molecule has 1 aromatic rings. The maximum absolute atomic E-state index is 11.9. The summed E-state index contributed by atoms with van der Waals surface area (Å²) in [7, 11) is 0. The third-order valence-electron chi connectivity index (χ3n) is 3.51. The number of benzene rings is 1. The Morgan fingerprint density at radius 2 is 2.05 bits per heavy atom. The van der Waals surface area contributed by atoms with Crippen LogP contribution in [0.2, 0.25) is 0 Å². The van der Waals surface area contributed by atoms with Crippen LogP contribution in [0, 0.1) is 5.92 Å². The van der Waals surface area contributed by atoms with Crippen LogP contribution >= 0.6 is 15.9 Å².